The molecule has 0 radical (unpaired) electrons. The first-order valence-electron chi connectivity index (χ1n) is 4.99. The summed E-state index contributed by atoms with van der Waals surface area (Å²) in [7, 11) is 1.51. The minimum absolute atomic E-state index is 0.213. The van der Waals surface area contributed by atoms with E-state index in [0.29, 0.717) is 11.4 Å². The van der Waals surface area contributed by atoms with Gasteiger partial charge in [0.15, 0.2) is 0 Å². The van der Waals surface area contributed by atoms with E-state index in [1.54, 1.807) is 12.1 Å². The molecule has 2 heterocycles. The van der Waals surface area contributed by atoms with Crippen LogP contribution in [-0.2, 0) is 0 Å². The Kier molecular flexibility index (Phi) is 5.24. The number of carbonyl (C=O) groups excluding carboxylic acids is 1. The van der Waals surface area contributed by atoms with Crippen molar-refractivity contribution in [1.82, 2.24) is 9.97 Å². The highest BCUT2D eigenvalue weighted by Gasteiger charge is 1.92. The minimum atomic E-state index is -0.537. The molecule has 0 spiro atoms. The summed E-state index contributed by atoms with van der Waals surface area (Å²) in [5, 5.41) is 0. The Morgan fingerprint density at radius 3 is 2.67 bits per heavy atom. The lowest BCUT2D eigenvalue weighted by atomic mass is 10.3. The maximum Gasteiger partial charge on any atom is 0.214 e. The Bertz CT molecular complexity index is 503. The van der Waals surface area contributed by atoms with Gasteiger partial charge in [-0.3, -0.25) is 4.79 Å². The summed E-state index contributed by atoms with van der Waals surface area (Å²) in [6, 6.07) is 7.49. The molecular formula is C12H12FN3O2. The number of hydrogen-bond acceptors (Lipinski definition) is 5. The van der Waals surface area contributed by atoms with Gasteiger partial charge < -0.3 is 10.5 Å². The molecule has 0 aliphatic carbocycles. The van der Waals surface area contributed by atoms with Crippen molar-refractivity contribution in [2.45, 2.75) is 0 Å². The first-order valence-corrected chi connectivity index (χ1v) is 4.99. The summed E-state index contributed by atoms with van der Waals surface area (Å²) in [5.41, 5.74) is 5.68. The molecule has 0 unspecified atom stereocenters. The molecule has 0 bridgehead atoms. The molecule has 2 rings (SSSR count). The number of aldehydes is 1. The van der Waals surface area contributed by atoms with Crippen LogP contribution in [0, 0.1) is 5.95 Å². The van der Waals surface area contributed by atoms with Gasteiger partial charge in [-0.05, 0) is 18.2 Å². The number of rotatable bonds is 2. The van der Waals surface area contributed by atoms with Crippen LogP contribution < -0.4 is 10.5 Å². The van der Waals surface area contributed by atoms with Gasteiger partial charge in [-0.25, -0.2) is 9.97 Å². The van der Waals surface area contributed by atoms with Crippen LogP contribution in [-0.4, -0.2) is 23.4 Å². The molecule has 2 aromatic rings. The fraction of sp³-hybridized carbons (Fsp3) is 0.0833. The van der Waals surface area contributed by atoms with Crippen molar-refractivity contribution in [2.24, 2.45) is 0 Å². The van der Waals surface area contributed by atoms with Crippen LogP contribution in [0.3, 0.4) is 0 Å². The molecule has 0 aromatic carbocycles. The third-order valence-electron chi connectivity index (χ3n) is 1.84. The van der Waals surface area contributed by atoms with Crippen LogP contribution in [0.4, 0.5) is 10.2 Å². The third-order valence-corrected chi connectivity index (χ3v) is 1.84. The van der Waals surface area contributed by atoms with Gasteiger partial charge in [0.05, 0.1) is 7.11 Å². The molecule has 0 fully saturated rings. The zero-order valence-electron chi connectivity index (χ0n) is 9.71. The smallest absolute Gasteiger partial charge is 0.214 e. The monoisotopic (exact) mass is 249 g/mol. The van der Waals surface area contributed by atoms with Crippen LogP contribution in [0.2, 0.25) is 0 Å². The van der Waals surface area contributed by atoms with Crippen LogP contribution in [0.1, 0.15) is 10.4 Å². The molecule has 94 valence electrons. The summed E-state index contributed by atoms with van der Waals surface area (Å²) in [5.74, 6) is 0.139. The maximum atomic E-state index is 12.0. The van der Waals surface area contributed by atoms with Crippen molar-refractivity contribution >= 4 is 12.1 Å². The average Bonchev–Trinajstić information content (AvgIpc) is 2.39. The summed E-state index contributed by atoms with van der Waals surface area (Å²) in [4.78, 5) is 17.3. The van der Waals surface area contributed by atoms with E-state index in [4.69, 9.17) is 10.5 Å². The van der Waals surface area contributed by atoms with E-state index in [2.05, 4.69) is 9.97 Å². The van der Waals surface area contributed by atoms with Crippen LogP contribution in [0.15, 0.2) is 36.5 Å². The van der Waals surface area contributed by atoms with E-state index in [1.165, 1.54) is 31.5 Å². The molecule has 5 nitrogen and oxygen atoms in total. The standard InChI is InChI=1S/C7H7NO2.C5H5FN2/c1-10-7-4-6(5-9)2-3-8-7;6-4-2-1-3-5(7)8-4/h2-5H,1H3;1-3H,(H2,7,8). The van der Waals surface area contributed by atoms with Crippen LogP contribution in [0.25, 0.3) is 0 Å². The lowest BCUT2D eigenvalue weighted by Gasteiger charge is -1.95. The summed E-state index contributed by atoms with van der Waals surface area (Å²) in [6.07, 6.45) is 2.28. The Morgan fingerprint density at radius 1 is 1.39 bits per heavy atom. The van der Waals surface area contributed by atoms with Crippen molar-refractivity contribution in [3.63, 3.8) is 0 Å². The number of anilines is 1. The fourth-order valence-electron chi connectivity index (χ4n) is 1.03. The summed E-state index contributed by atoms with van der Waals surface area (Å²) >= 11 is 0. The minimum Gasteiger partial charge on any atom is -0.481 e. The predicted octanol–water partition coefficient (Wildman–Crippen LogP) is 1.71. The number of nitrogens with two attached hydrogens (primary N) is 1. The number of ether oxygens (including phenoxy) is 1. The Balaban J connectivity index is 0.000000184. The molecule has 2 aromatic heterocycles. The largest absolute Gasteiger partial charge is 0.481 e. The number of nitrogen functional groups attached to an aromatic ring is 1. The average molecular weight is 249 g/mol. The molecule has 0 atom stereocenters. The molecule has 0 saturated heterocycles. The highest BCUT2D eigenvalue weighted by Crippen LogP contribution is 2.05. The second-order valence-corrected chi connectivity index (χ2v) is 3.13. The molecular weight excluding hydrogens is 237 g/mol. The van der Waals surface area contributed by atoms with Crippen molar-refractivity contribution in [3.05, 3.63) is 48.0 Å². The van der Waals surface area contributed by atoms with E-state index >= 15 is 0 Å². The molecule has 0 saturated carbocycles. The normalized spacial score (nSPS) is 9.00. The van der Waals surface area contributed by atoms with E-state index in [-0.39, 0.29) is 5.82 Å². The predicted molar refractivity (Wildman–Crippen MR) is 64.8 cm³/mol. The highest BCUT2D eigenvalue weighted by molar-refractivity contribution is 5.74. The van der Waals surface area contributed by atoms with Gasteiger partial charge in [0.1, 0.15) is 12.1 Å². The number of nitrogens with zero attached hydrogens (tertiary/aromatic N) is 2. The Hall–Kier alpha value is -2.50. The summed E-state index contributed by atoms with van der Waals surface area (Å²) in [6.45, 7) is 0. The number of carbonyl (C=O) groups is 1. The Morgan fingerprint density at radius 2 is 2.17 bits per heavy atom. The van der Waals surface area contributed by atoms with Crippen LogP contribution >= 0.6 is 0 Å². The van der Waals surface area contributed by atoms with E-state index < -0.39 is 5.95 Å². The van der Waals surface area contributed by atoms with E-state index in [0.717, 1.165) is 6.29 Å². The first-order chi connectivity index (χ1) is 8.65. The van der Waals surface area contributed by atoms with Crippen LogP contribution in [0.5, 0.6) is 5.88 Å². The van der Waals surface area contributed by atoms with Gasteiger partial charge in [0.25, 0.3) is 0 Å². The van der Waals surface area contributed by atoms with Gasteiger partial charge in [0, 0.05) is 17.8 Å². The van der Waals surface area contributed by atoms with Crippen molar-refractivity contribution in [1.29, 1.82) is 0 Å². The zero-order chi connectivity index (χ0) is 13.4. The number of pyridine rings is 2. The van der Waals surface area contributed by atoms with Gasteiger partial charge in [-0.15, -0.1) is 0 Å². The number of halogens is 1. The SMILES string of the molecule is COc1cc(C=O)ccn1.Nc1cccc(F)n1. The van der Waals surface area contributed by atoms with Gasteiger partial charge in [-0.1, -0.05) is 6.07 Å². The van der Waals surface area contributed by atoms with Gasteiger partial charge in [-0.2, -0.15) is 4.39 Å². The highest BCUT2D eigenvalue weighted by atomic mass is 19.1. The van der Waals surface area contributed by atoms with Crippen molar-refractivity contribution in [3.8, 4) is 5.88 Å². The van der Waals surface area contributed by atoms with Crippen molar-refractivity contribution < 1.29 is 13.9 Å². The zero-order valence-corrected chi connectivity index (χ0v) is 9.71. The lowest BCUT2D eigenvalue weighted by Crippen LogP contribution is -1.90. The van der Waals surface area contributed by atoms with E-state index in [1.807, 2.05) is 0 Å². The number of aromatic nitrogens is 2. The number of methoxy groups -OCH3 is 1. The molecule has 6 heteroatoms. The second-order valence-electron chi connectivity index (χ2n) is 3.13. The quantitative estimate of drug-likeness (QED) is 0.647. The molecule has 18 heavy (non-hydrogen) atoms. The lowest BCUT2D eigenvalue weighted by molar-refractivity contribution is 0.112. The van der Waals surface area contributed by atoms with E-state index in [9.17, 15) is 9.18 Å². The number of hydrogen-bond donors (Lipinski definition) is 1. The van der Waals surface area contributed by atoms with Crippen molar-refractivity contribution in [2.75, 3.05) is 12.8 Å². The first kappa shape index (κ1) is 13.6. The Labute approximate surface area is 103 Å². The maximum absolute atomic E-state index is 12.0. The summed E-state index contributed by atoms with van der Waals surface area (Å²) < 4.78 is 16.8. The topological polar surface area (TPSA) is 78.1 Å². The van der Waals surface area contributed by atoms with Gasteiger partial charge in [0.2, 0.25) is 11.8 Å². The molecule has 0 amide bonds. The van der Waals surface area contributed by atoms with Gasteiger partial charge >= 0.3 is 0 Å². The fourth-order valence-corrected chi connectivity index (χ4v) is 1.03. The molecule has 0 aliphatic heterocycles. The third kappa shape index (κ3) is 4.56. The molecule has 2 N–H and O–H groups in total. The molecule has 0 aliphatic rings. The second kappa shape index (κ2) is 6.95.